The van der Waals surface area contributed by atoms with Crippen molar-refractivity contribution in [1.29, 1.82) is 0 Å². The van der Waals surface area contributed by atoms with Gasteiger partial charge in [0, 0.05) is 21.6 Å². The third kappa shape index (κ3) is 3.76. The summed E-state index contributed by atoms with van der Waals surface area (Å²) in [6.45, 7) is 3.77. The molecule has 1 aromatic heterocycles. The summed E-state index contributed by atoms with van der Waals surface area (Å²) in [5, 5.41) is 0.822. The summed E-state index contributed by atoms with van der Waals surface area (Å²) in [5.41, 5.74) is 1.77. The number of hydrogen-bond acceptors (Lipinski definition) is 2. The van der Waals surface area contributed by atoms with E-state index < -0.39 is 11.7 Å². The number of fused-ring (bicyclic) bond motifs is 1. The van der Waals surface area contributed by atoms with E-state index in [9.17, 15) is 18.0 Å². The van der Waals surface area contributed by atoms with Gasteiger partial charge in [-0.1, -0.05) is 24.3 Å². The minimum absolute atomic E-state index is 0.00321. The fourth-order valence-corrected chi connectivity index (χ4v) is 4.05. The number of halogens is 3. The number of carbonyl (C=O) groups excluding carboxylic acids is 1. The maximum absolute atomic E-state index is 12.9. The largest absolute Gasteiger partial charge is 0.416 e. The number of hydrogen-bond donors (Lipinski definition) is 0. The molecule has 0 aliphatic carbocycles. The van der Waals surface area contributed by atoms with E-state index in [1.54, 1.807) is 6.07 Å². The molecule has 0 bridgehead atoms. The highest BCUT2D eigenvalue weighted by Gasteiger charge is 2.30. The van der Waals surface area contributed by atoms with Crippen molar-refractivity contribution in [1.82, 2.24) is 0 Å². The van der Waals surface area contributed by atoms with Crippen molar-refractivity contribution >= 4 is 27.2 Å². The van der Waals surface area contributed by atoms with E-state index in [-0.39, 0.29) is 5.78 Å². The first-order valence-electron chi connectivity index (χ1n) is 7.87. The molecule has 0 amide bonds. The molecule has 3 aromatic rings. The molecule has 0 spiro atoms. The molecule has 1 nitrogen and oxygen atoms in total. The molecule has 1 heterocycles. The van der Waals surface area contributed by atoms with Crippen molar-refractivity contribution in [3.05, 3.63) is 69.6 Å². The van der Waals surface area contributed by atoms with Gasteiger partial charge in [0.2, 0.25) is 0 Å². The second-order valence-corrected chi connectivity index (χ2v) is 7.17. The van der Waals surface area contributed by atoms with Crippen LogP contribution in [0.25, 0.3) is 10.1 Å². The van der Waals surface area contributed by atoms with Gasteiger partial charge in [0.05, 0.1) is 5.56 Å². The molecular weight excluding hydrogens is 345 g/mol. The van der Waals surface area contributed by atoms with Crippen molar-refractivity contribution in [3.63, 3.8) is 0 Å². The maximum atomic E-state index is 12.9. The molecule has 3 rings (SSSR count). The topological polar surface area (TPSA) is 17.1 Å². The Morgan fingerprint density at radius 2 is 1.92 bits per heavy atom. The molecule has 0 fully saturated rings. The summed E-state index contributed by atoms with van der Waals surface area (Å²) in [4.78, 5) is 13.3. The van der Waals surface area contributed by atoms with Gasteiger partial charge in [-0.2, -0.15) is 13.2 Å². The second-order valence-electron chi connectivity index (χ2n) is 6.03. The fourth-order valence-electron chi connectivity index (χ4n) is 2.80. The molecule has 0 N–H and O–H groups in total. The number of thiophene rings is 1. The Morgan fingerprint density at radius 3 is 2.60 bits per heavy atom. The molecule has 25 heavy (non-hydrogen) atoms. The quantitative estimate of drug-likeness (QED) is 0.509. The molecule has 0 unspecified atom stereocenters. The molecule has 0 saturated carbocycles. The molecule has 0 aliphatic rings. The van der Waals surface area contributed by atoms with E-state index in [1.165, 1.54) is 23.5 Å². The summed E-state index contributed by atoms with van der Waals surface area (Å²) in [7, 11) is 0. The first-order valence-corrected chi connectivity index (χ1v) is 8.68. The van der Waals surface area contributed by atoms with Crippen LogP contribution in [0.2, 0.25) is 0 Å². The lowest BCUT2D eigenvalue weighted by Crippen LogP contribution is -2.03. The number of carbonyl (C=O) groups is 1. The van der Waals surface area contributed by atoms with E-state index in [0.29, 0.717) is 23.1 Å². The van der Waals surface area contributed by atoms with Gasteiger partial charge < -0.3 is 0 Å². The Bertz CT molecular complexity index is 938. The average Bonchev–Trinajstić information content (AvgIpc) is 2.87. The van der Waals surface area contributed by atoms with Gasteiger partial charge >= 0.3 is 6.18 Å². The highest BCUT2D eigenvalue weighted by Crippen LogP contribution is 2.37. The lowest BCUT2D eigenvalue weighted by molar-refractivity contribution is -0.137. The predicted molar refractivity (Wildman–Crippen MR) is 94.2 cm³/mol. The van der Waals surface area contributed by atoms with Crippen molar-refractivity contribution in [2.45, 2.75) is 32.9 Å². The molecule has 0 saturated heterocycles. The van der Waals surface area contributed by atoms with Gasteiger partial charge in [0.25, 0.3) is 0 Å². The Hall–Kier alpha value is -2.14. The van der Waals surface area contributed by atoms with Gasteiger partial charge in [0.15, 0.2) is 5.78 Å². The van der Waals surface area contributed by atoms with Crippen LogP contribution in [-0.4, -0.2) is 5.78 Å². The Labute approximate surface area is 148 Å². The molecule has 0 atom stereocenters. The highest BCUT2D eigenvalue weighted by molar-refractivity contribution is 7.19. The van der Waals surface area contributed by atoms with Crippen LogP contribution < -0.4 is 0 Å². The van der Waals surface area contributed by atoms with Crippen LogP contribution in [-0.2, 0) is 12.6 Å². The number of Topliss-reactive ketones (excluding diaryl/α,β-unsaturated/α-hetero) is 1. The van der Waals surface area contributed by atoms with Crippen molar-refractivity contribution < 1.29 is 18.0 Å². The van der Waals surface area contributed by atoms with E-state index in [0.717, 1.165) is 27.5 Å². The number of ketones is 1. The third-order valence-electron chi connectivity index (χ3n) is 4.18. The third-order valence-corrected chi connectivity index (χ3v) is 5.50. The zero-order chi connectivity index (χ0) is 18.2. The number of alkyl halides is 3. The molecule has 5 heteroatoms. The summed E-state index contributed by atoms with van der Waals surface area (Å²) in [5.74, 6) is -0.00321. The van der Waals surface area contributed by atoms with Gasteiger partial charge in [-0.15, -0.1) is 11.3 Å². The minimum atomic E-state index is -4.34. The van der Waals surface area contributed by atoms with E-state index in [1.807, 2.05) is 26.0 Å². The van der Waals surface area contributed by atoms with Crippen LogP contribution in [0.5, 0.6) is 0 Å². The summed E-state index contributed by atoms with van der Waals surface area (Å²) in [6.07, 6.45) is -3.50. The SMILES string of the molecule is Cc1[c]c(C(=O)CCc2sc3cc(C(F)(F)F)ccc3c2C)ccc1. The number of aryl methyl sites for hydroxylation is 3. The maximum Gasteiger partial charge on any atom is 0.416 e. The molecule has 0 aliphatic heterocycles. The van der Waals surface area contributed by atoms with Crippen LogP contribution in [0.4, 0.5) is 13.2 Å². The van der Waals surface area contributed by atoms with E-state index >= 15 is 0 Å². The second kappa shape index (κ2) is 6.64. The molecule has 129 valence electrons. The average molecular weight is 361 g/mol. The lowest BCUT2D eigenvalue weighted by Gasteiger charge is -2.05. The Morgan fingerprint density at radius 1 is 1.16 bits per heavy atom. The molecular formula is C20H16F3OS. The summed E-state index contributed by atoms with van der Waals surface area (Å²) >= 11 is 1.33. The van der Waals surface area contributed by atoms with Crippen LogP contribution in [0.15, 0.2) is 36.4 Å². The number of benzene rings is 2. The Balaban J connectivity index is 1.82. The number of rotatable bonds is 4. The van der Waals surface area contributed by atoms with Gasteiger partial charge in [-0.05, 0) is 55.0 Å². The molecule has 2 aromatic carbocycles. The lowest BCUT2D eigenvalue weighted by atomic mass is 10.0. The van der Waals surface area contributed by atoms with Crippen molar-refractivity contribution in [2.75, 3.05) is 0 Å². The molecule has 1 radical (unpaired) electrons. The van der Waals surface area contributed by atoms with Crippen molar-refractivity contribution in [2.24, 2.45) is 0 Å². The first-order chi connectivity index (χ1) is 11.8. The van der Waals surface area contributed by atoms with Gasteiger partial charge in [-0.3, -0.25) is 4.79 Å². The van der Waals surface area contributed by atoms with Crippen LogP contribution in [0.3, 0.4) is 0 Å². The van der Waals surface area contributed by atoms with E-state index in [2.05, 4.69) is 6.07 Å². The van der Waals surface area contributed by atoms with Crippen LogP contribution in [0, 0.1) is 19.9 Å². The summed E-state index contributed by atoms with van der Waals surface area (Å²) < 4.78 is 39.2. The Kier molecular flexibility index (Phi) is 4.69. The zero-order valence-corrected chi connectivity index (χ0v) is 14.6. The highest BCUT2D eigenvalue weighted by atomic mass is 32.1. The van der Waals surface area contributed by atoms with Gasteiger partial charge in [0.1, 0.15) is 0 Å². The van der Waals surface area contributed by atoms with Crippen LogP contribution >= 0.6 is 11.3 Å². The fraction of sp³-hybridized carbons (Fsp3) is 0.250. The summed E-state index contributed by atoms with van der Waals surface area (Å²) in [6, 6.07) is 12.3. The van der Waals surface area contributed by atoms with Crippen molar-refractivity contribution in [3.8, 4) is 0 Å². The normalized spacial score (nSPS) is 11.9. The predicted octanol–water partition coefficient (Wildman–Crippen LogP) is 6.15. The smallest absolute Gasteiger partial charge is 0.294 e. The van der Waals surface area contributed by atoms with Crippen LogP contribution in [0.1, 0.15) is 38.3 Å². The van der Waals surface area contributed by atoms with Gasteiger partial charge in [-0.25, -0.2) is 0 Å². The van der Waals surface area contributed by atoms with E-state index in [4.69, 9.17) is 0 Å². The monoisotopic (exact) mass is 361 g/mol. The zero-order valence-electron chi connectivity index (χ0n) is 13.8. The minimum Gasteiger partial charge on any atom is -0.294 e. The standard InChI is InChI=1S/C20H16F3OS/c1-12-4-3-5-14(10-12)17(24)8-9-18-13(2)16-7-6-15(20(21,22)23)11-19(16)25-18/h3-7,11H,8-9H2,1-2H3. The first kappa shape index (κ1) is 17.7.